The molecule has 1 aromatic carbocycles. The maximum atomic E-state index is 13.4. The summed E-state index contributed by atoms with van der Waals surface area (Å²) >= 11 is 5.96. The van der Waals surface area contributed by atoms with E-state index < -0.39 is 15.9 Å². The van der Waals surface area contributed by atoms with Gasteiger partial charge >= 0.3 is 0 Å². The highest BCUT2D eigenvalue weighted by molar-refractivity contribution is 7.89. The number of carbonyl (C=O) groups excluding carboxylic acids is 1. The van der Waals surface area contributed by atoms with Gasteiger partial charge in [-0.2, -0.15) is 9.40 Å². The molecule has 2 heterocycles. The molecule has 32 heavy (non-hydrogen) atoms. The minimum atomic E-state index is -3.91. The zero-order chi connectivity index (χ0) is 23.3. The first-order chi connectivity index (χ1) is 15.2. The lowest BCUT2D eigenvalue weighted by Crippen LogP contribution is -2.49. The molecule has 1 aliphatic heterocycles. The molecule has 1 fully saturated rings. The molecule has 1 aromatic heterocycles. The number of anilines is 1. The summed E-state index contributed by atoms with van der Waals surface area (Å²) in [6, 6.07) is 7.49. The molecule has 0 bridgehead atoms. The van der Waals surface area contributed by atoms with Crippen LogP contribution in [0.3, 0.4) is 0 Å². The van der Waals surface area contributed by atoms with Crippen LogP contribution in [0.25, 0.3) is 0 Å². The van der Waals surface area contributed by atoms with Gasteiger partial charge in [0.25, 0.3) is 15.9 Å². The van der Waals surface area contributed by atoms with Crippen LogP contribution >= 0.6 is 11.6 Å². The van der Waals surface area contributed by atoms with E-state index in [1.807, 2.05) is 50.2 Å². The van der Waals surface area contributed by atoms with E-state index >= 15 is 0 Å². The summed E-state index contributed by atoms with van der Waals surface area (Å²) in [4.78, 5) is 16.8. The smallest absolute Gasteiger partial charge is 0.263 e. The van der Waals surface area contributed by atoms with Gasteiger partial charge in [-0.15, -0.1) is 0 Å². The fourth-order valence-corrected chi connectivity index (χ4v) is 5.19. The molecular formula is C21H31ClN6O3S. The molecule has 1 N–H and O–H groups in total. The predicted molar refractivity (Wildman–Crippen MR) is 126 cm³/mol. The van der Waals surface area contributed by atoms with Gasteiger partial charge in [-0.25, -0.2) is 8.42 Å². The topological polar surface area (TPSA) is 90.8 Å². The van der Waals surface area contributed by atoms with Crippen LogP contribution in [-0.4, -0.2) is 86.7 Å². The van der Waals surface area contributed by atoms with Crippen LogP contribution in [0.4, 0.5) is 5.69 Å². The number of aryl methyl sites for hydroxylation is 1. The largest absolute Gasteiger partial charge is 0.369 e. The number of benzene rings is 1. The summed E-state index contributed by atoms with van der Waals surface area (Å²) < 4.78 is 29.8. The lowest BCUT2D eigenvalue weighted by Gasteiger charge is -2.35. The van der Waals surface area contributed by atoms with Crippen molar-refractivity contribution < 1.29 is 13.2 Å². The van der Waals surface area contributed by atoms with E-state index in [1.165, 1.54) is 15.2 Å². The third-order valence-corrected chi connectivity index (χ3v) is 7.37. The lowest BCUT2D eigenvalue weighted by atomic mass is 10.2. The van der Waals surface area contributed by atoms with Gasteiger partial charge in [0.2, 0.25) is 5.03 Å². The Morgan fingerprint density at radius 1 is 1.16 bits per heavy atom. The van der Waals surface area contributed by atoms with Crippen LogP contribution in [0.2, 0.25) is 5.02 Å². The van der Waals surface area contributed by atoms with Gasteiger partial charge in [-0.3, -0.25) is 9.48 Å². The third kappa shape index (κ3) is 5.80. The average molecular weight is 483 g/mol. The molecule has 0 spiro atoms. The highest BCUT2D eigenvalue weighted by Crippen LogP contribution is 2.24. The first-order valence-corrected chi connectivity index (χ1v) is 12.5. The van der Waals surface area contributed by atoms with E-state index in [1.54, 1.807) is 0 Å². The van der Waals surface area contributed by atoms with Crippen molar-refractivity contribution in [1.29, 1.82) is 0 Å². The molecule has 0 unspecified atom stereocenters. The number of sulfonamides is 1. The number of carbonyl (C=O) groups is 1. The molecule has 176 valence electrons. The fourth-order valence-electron chi connectivity index (χ4n) is 3.54. The molecule has 2 aromatic rings. The maximum Gasteiger partial charge on any atom is 0.263 e. The maximum absolute atomic E-state index is 13.4. The minimum absolute atomic E-state index is 0.0948. The van der Waals surface area contributed by atoms with Gasteiger partial charge in [-0.05, 0) is 44.8 Å². The number of likely N-dealkylation sites (N-methyl/N-ethyl adjacent to an activating group) is 1. The molecule has 1 saturated heterocycles. The number of halogens is 1. The highest BCUT2D eigenvalue weighted by atomic mass is 35.5. The third-order valence-electron chi connectivity index (χ3n) is 5.28. The molecule has 1 aliphatic rings. The van der Waals surface area contributed by atoms with Crippen LogP contribution < -0.4 is 10.2 Å². The van der Waals surface area contributed by atoms with Crippen molar-refractivity contribution in [3.8, 4) is 0 Å². The Bertz CT molecular complexity index is 1010. The number of nitrogens with one attached hydrogen (secondary N) is 1. The van der Waals surface area contributed by atoms with Gasteiger partial charge in [0.15, 0.2) is 0 Å². The van der Waals surface area contributed by atoms with Gasteiger partial charge in [0, 0.05) is 62.7 Å². The number of rotatable bonds is 9. The summed E-state index contributed by atoms with van der Waals surface area (Å²) in [6.07, 6.45) is 2.31. The number of hydrogen-bond donors (Lipinski definition) is 1. The Kier molecular flexibility index (Phi) is 8.16. The second kappa shape index (κ2) is 10.7. The SMILES string of the molecule is CCCn1cc(C(=O)NCCN(C)C)c(S(=O)(=O)N2CCN(c3ccc(Cl)cc3)CC2)n1. The van der Waals surface area contributed by atoms with E-state index in [2.05, 4.69) is 15.3 Å². The standard InChI is InChI=1S/C21H31ClN6O3S/c1-4-10-27-16-19(20(29)23-9-11-25(2)3)21(24-27)32(30,31)28-14-12-26(13-15-28)18-7-5-17(22)6-8-18/h5-8,16H,4,9-15H2,1-3H3,(H,23,29). The van der Waals surface area contributed by atoms with E-state index in [9.17, 15) is 13.2 Å². The number of amides is 1. The van der Waals surface area contributed by atoms with Gasteiger partial charge in [0.1, 0.15) is 0 Å². The summed E-state index contributed by atoms with van der Waals surface area (Å²) in [5.74, 6) is -0.424. The molecule has 0 atom stereocenters. The lowest BCUT2D eigenvalue weighted by molar-refractivity contribution is 0.0947. The van der Waals surface area contributed by atoms with Crippen molar-refractivity contribution in [2.75, 3.05) is 58.3 Å². The van der Waals surface area contributed by atoms with Crippen molar-refractivity contribution in [3.63, 3.8) is 0 Å². The highest BCUT2D eigenvalue weighted by Gasteiger charge is 2.34. The van der Waals surface area contributed by atoms with Gasteiger partial charge in [0.05, 0.1) is 5.56 Å². The summed E-state index contributed by atoms with van der Waals surface area (Å²) in [7, 11) is -0.0910. The molecule has 0 aliphatic carbocycles. The first kappa shape index (κ1) is 24.5. The second-order valence-electron chi connectivity index (χ2n) is 8.04. The van der Waals surface area contributed by atoms with Crippen molar-refractivity contribution in [1.82, 2.24) is 24.3 Å². The van der Waals surface area contributed by atoms with Crippen molar-refractivity contribution in [2.45, 2.75) is 24.9 Å². The van der Waals surface area contributed by atoms with Gasteiger partial charge < -0.3 is 15.1 Å². The first-order valence-electron chi connectivity index (χ1n) is 10.7. The monoisotopic (exact) mass is 482 g/mol. The molecule has 9 nitrogen and oxygen atoms in total. The summed E-state index contributed by atoms with van der Waals surface area (Å²) in [6.45, 7) is 5.30. The van der Waals surface area contributed by atoms with E-state index in [0.29, 0.717) is 50.8 Å². The van der Waals surface area contributed by atoms with Crippen LogP contribution in [0.15, 0.2) is 35.5 Å². The Balaban J connectivity index is 1.76. The summed E-state index contributed by atoms with van der Waals surface area (Å²) in [5, 5.41) is 7.57. The number of piperazine rings is 1. The number of hydrogen-bond acceptors (Lipinski definition) is 6. The minimum Gasteiger partial charge on any atom is -0.369 e. The van der Waals surface area contributed by atoms with Crippen molar-refractivity contribution >= 4 is 33.2 Å². The van der Waals surface area contributed by atoms with E-state index in [0.717, 1.165) is 12.1 Å². The average Bonchev–Trinajstić information content (AvgIpc) is 3.19. The second-order valence-corrected chi connectivity index (χ2v) is 10.3. The van der Waals surface area contributed by atoms with E-state index in [4.69, 9.17) is 11.6 Å². The van der Waals surface area contributed by atoms with E-state index in [-0.39, 0.29) is 10.6 Å². The number of aromatic nitrogens is 2. The molecule has 3 rings (SSSR count). The van der Waals surface area contributed by atoms with Crippen LogP contribution in [-0.2, 0) is 16.6 Å². The zero-order valence-corrected chi connectivity index (χ0v) is 20.4. The van der Waals surface area contributed by atoms with Crippen molar-refractivity contribution in [3.05, 3.63) is 41.0 Å². The van der Waals surface area contributed by atoms with Crippen molar-refractivity contribution in [2.24, 2.45) is 0 Å². The molecule has 1 amide bonds. The fraction of sp³-hybridized carbons (Fsp3) is 0.524. The van der Waals surface area contributed by atoms with Crippen LogP contribution in [0.5, 0.6) is 0 Å². The molecule has 0 saturated carbocycles. The normalized spacial score (nSPS) is 15.3. The predicted octanol–water partition coefficient (Wildman–Crippen LogP) is 1.75. The Morgan fingerprint density at radius 3 is 2.41 bits per heavy atom. The van der Waals surface area contributed by atoms with Crippen LogP contribution in [0, 0.1) is 0 Å². The number of nitrogens with zero attached hydrogens (tertiary/aromatic N) is 5. The molecular weight excluding hydrogens is 452 g/mol. The van der Waals surface area contributed by atoms with Crippen LogP contribution in [0.1, 0.15) is 23.7 Å². The Morgan fingerprint density at radius 2 is 1.81 bits per heavy atom. The Hall–Kier alpha value is -2.14. The molecule has 11 heteroatoms. The zero-order valence-electron chi connectivity index (χ0n) is 18.8. The Labute approximate surface area is 195 Å². The molecule has 0 radical (unpaired) electrons. The summed E-state index contributed by atoms with van der Waals surface area (Å²) in [5.41, 5.74) is 1.09. The van der Waals surface area contributed by atoms with Gasteiger partial charge in [-0.1, -0.05) is 18.5 Å². The quantitative estimate of drug-likeness (QED) is 0.585.